The van der Waals surface area contributed by atoms with E-state index in [1.165, 1.54) is 10.9 Å². The Morgan fingerprint density at radius 2 is 2.29 bits per heavy atom. The fourth-order valence-electron chi connectivity index (χ4n) is 3.18. The van der Waals surface area contributed by atoms with E-state index in [0.29, 0.717) is 6.54 Å². The lowest BCUT2D eigenvalue weighted by atomic mass is 9.97. The first kappa shape index (κ1) is 14.1. The topological polar surface area (TPSA) is 48.1 Å². The van der Waals surface area contributed by atoms with Gasteiger partial charge in [0.15, 0.2) is 0 Å². The molecule has 0 aliphatic carbocycles. The van der Waals surface area contributed by atoms with E-state index in [0.717, 1.165) is 37.9 Å². The monoisotopic (exact) mass is 285 g/mol. The van der Waals surface area contributed by atoms with Gasteiger partial charge in [-0.3, -0.25) is 4.79 Å². The predicted molar refractivity (Wildman–Crippen MR) is 85.2 cm³/mol. The van der Waals surface area contributed by atoms with Crippen LogP contribution in [0.3, 0.4) is 0 Å². The third kappa shape index (κ3) is 3.27. The summed E-state index contributed by atoms with van der Waals surface area (Å²) in [7, 11) is 2.09. The zero-order chi connectivity index (χ0) is 14.7. The molecule has 1 fully saturated rings. The minimum atomic E-state index is 0.159. The van der Waals surface area contributed by atoms with Gasteiger partial charge in [-0.25, -0.2) is 0 Å². The van der Waals surface area contributed by atoms with E-state index >= 15 is 0 Å². The molecule has 112 valence electrons. The number of hydrogen-bond acceptors (Lipinski definition) is 2. The number of aromatic amines is 1. The van der Waals surface area contributed by atoms with Crippen LogP contribution in [0.4, 0.5) is 0 Å². The van der Waals surface area contributed by atoms with Gasteiger partial charge >= 0.3 is 0 Å². The van der Waals surface area contributed by atoms with E-state index in [-0.39, 0.29) is 11.8 Å². The summed E-state index contributed by atoms with van der Waals surface area (Å²) >= 11 is 0. The molecule has 1 atom stereocenters. The van der Waals surface area contributed by atoms with Crippen LogP contribution in [-0.4, -0.2) is 42.5 Å². The second kappa shape index (κ2) is 6.31. The van der Waals surface area contributed by atoms with Gasteiger partial charge in [-0.15, -0.1) is 0 Å². The molecule has 1 amide bonds. The normalized spacial score (nSPS) is 19.8. The Hall–Kier alpha value is -1.81. The number of likely N-dealkylation sites (tertiary alicyclic amines) is 1. The van der Waals surface area contributed by atoms with Gasteiger partial charge in [0.05, 0.1) is 5.92 Å². The number of piperidine rings is 1. The molecule has 0 saturated carbocycles. The molecule has 1 unspecified atom stereocenters. The average Bonchev–Trinajstić information content (AvgIpc) is 2.91. The van der Waals surface area contributed by atoms with Crippen LogP contribution in [-0.2, 0) is 11.2 Å². The fraction of sp³-hybridized carbons (Fsp3) is 0.471. The number of nitrogens with zero attached hydrogens (tertiary/aromatic N) is 1. The van der Waals surface area contributed by atoms with Crippen molar-refractivity contribution in [2.75, 3.05) is 26.7 Å². The van der Waals surface area contributed by atoms with E-state index in [4.69, 9.17) is 0 Å². The molecule has 21 heavy (non-hydrogen) atoms. The number of benzene rings is 1. The van der Waals surface area contributed by atoms with Gasteiger partial charge in [-0.1, -0.05) is 18.2 Å². The molecule has 2 N–H and O–H groups in total. The van der Waals surface area contributed by atoms with Gasteiger partial charge in [0, 0.05) is 30.2 Å². The van der Waals surface area contributed by atoms with Crippen molar-refractivity contribution in [1.29, 1.82) is 0 Å². The SMILES string of the molecule is CN1CCCC(C(=O)NCCc2c[nH]c3ccccc23)C1. The number of aromatic nitrogens is 1. The van der Waals surface area contributed by atoms with Crippen molar-refractivity contribution in [2.45, 2.75) is 19.3 Å². The van der Waals surface area contributed by atoms with Crippen LogP contribution in [0.1, 0.15) is 18.4 Å². The maximum Gasteiger partial charge on any atom is 0.224 e. The number of carbonyl (C=O) groups excluding carboxylic acids is 1. The van der Waals surface area contributed by atoms with Crippen LogP contribution >= 0.6 is 0 Å². The van der Waals surface area contributed by atoms with Crippen LogP contribution in [0.2, 0.25) is 0 Å². The molecule has 1 aromatic heterocycles. The van der Waals surface area contributed by atoms with E-state index in [1.807, 2.05) is 12.3 Å². The second-order valence-corrected chi connectivity index (χ2v) is 6.00. The molecular formula is C17H23N3O. The highest BCUT2D eigenvalue weighted by Gasteiger charge is 2.23. The van der Waals surface area contributed by atoms with Crippen molar-refractivity contribution >= 4 is 16.8 Å². The molecule has 0 radical (unpaired) electrons. The third-order valence-electron chi connectivity index (χ3n) is 4.36. The highest BCUT2D eigenvalue weighted by Crippen LogP contribution is 2.18. The molecule has 1 aliphatic heterocycles. The van der Waals surface area contributed by atoms with Crippen molar-refractivity contribution in [3.05, 3.63) is 36.0 Å². The number of carbonyl (C=O) groups is 1. The Balaban J connectivity index is 1.52. The minimum absolute atomic E-state index is 0.159. The number of fused-ring (bicyclic) bond motifs is 1. The van der Waals surface area contributed by atoms with Gasteiger partial charge in [0.25, 0.3) is 0 Å². The first-order valence-corrected chi connectivity index (χ1v) is 7.75. The van der Waals surface area contributed by atoms with Gasteiger partial charge in [-0.2, -0.15) is 0 Å². The third-order valence-corrected chi connectivity index (χ3v) is 4.36. The molecule has 1 aromatic carbocycles. The van der Waals surface area contributed by atoms with Crippen LogP contribution in [0.25, 0.3) is 10.9 Å². The Bertz CT molecular complexity index is 619. The van der Waals surface area contributed by atoms with E-state index in [2.05, 4.69) is 40.4 Å². The largest absolute Gasteiger partial charge is 0.361 e. The van der Waals surface area contributed by atoms with Crippen LogP contribution in [0.5, 0.6) is 0 Å². The Labute approximate surface area is 125 Å². The summed E-state index contributed by atoms with van der Waals surface area (Å²) in [5, 5.41) is 4.35. The van der Waals surface area contributed by atoms with Crippen LogP contribution in [0, 0.1) is 5.92 Å². The number of nitrogens with one attached hydrogen (secondary N) is 2. The maximum absolute atomic E-state index is 12.2. The standard InChI is InChI=1S/C17H23N3O/c1-20-10-4-5-14(12-20)17(21)18-9-8-13-11-19-16-7-3-2-6-15(13)16/h2-3,6-7,11,14,19H,4-5,8-10,12H2,1H3,(H,18,21). The lowest BCUT2D eigenvalue weighted by Crippen LogP contribution is -2.41. The van der Waals surface area contributed by atoms with Crippen molar-refractivity contribution in [2.24, 2.45) is 5.92 Å². The molecule has 2 aromatic rings. The smallest absolute Gasteiger partial charge is 0.224 e. The molecule has 0 bridgehead atoms. The Morgan fingerprint density at radius 1 is 1.43 bits per heavy atom. The minimum Gasteiger partial charge on any atom is -0.361 e. The van der Waals surface area contributed by atoms with Gasteiger partial charge < -0.3 is 15.2 Å². The molecule has 4 heteroatoms. The van der Waals surface area contributed by atoms with Crippen molar-refractivity contribution < 1.29 is 4.79 Å². The Morgan fingerprint density at radius 3 is 3.14 bits per heavy atom. The summed E-state index contributed by atoms with van der Waals surface area (Å²) in [4.78, 5) is 17.7. The maximum atomic E-state index is 12.2. The Kier molecular flexibility index (Phi) is 4.25. The summed E-state index contributed by atoms with van der Waals surface area (Å²) in [6, 6.07) is 8.29. The number of hydrogen-bond donors (Lipinski definition) is 2. The van der Waals surface area contributed by atoms with Gasteiger partial charge in [0.1, 0.15) is 0 Å². The van der Waals surface area contributed by atoms with E-state index < -0.39 is 0 Å². The highest BCUT2D eigenvalue weighted by atomic mass is 16.1. The highest BCUT2D eigenvalue weighted by molar-refractivity contribution is 5.83. The van der Waals surface area contributed by atoms with E-state index in [9.17, 15) is 4.79 Å². The van der Waals surface area contributed by atoms with Crippen molar-refractivity contribution in [1.82, 2.24) is 15.2 Å². The summed E-state index contributed by atoms with van der Waals surface area (Å²) in [6.07, 6.45) is 5.06. The molecule has 3 rings (SSSR count). The molecular weight excluding hydrogens is 262 g/mol. The number of para-hydroxylation sites is 1. The summed E-state index contributed by atoms with van der Waals surface area (Å²) in [6.45, 7) is 2.71. The van der Waals surface area contributed by atoms with Crippen LogP contribution < -0.4 is 5.32 Å². The molecule has 0 spiro atoms. The predicted octanol–water partition coefficient (Wildman–Crippen LogP) is 2.17. The quantitative estimate of drug-likeness (QED) is 0.904. The lowest BCUT2D eigenvalue weighted by molar-refractivity contribution is -0.126. The zero-order valence-corrected chi connectivity index (χ0v) is 12.6. The molecule has 4 nitrogen and oxygen atoms in total. The molecule has 1 saturated heterocycles. The number of H-pyrrole nitrogens is 1. The summed E-state index contributed by atoms with van der Waals surface area (Å²) < 4.78 is 0. The lowest BCUT2D eigenvalue weighted by Gasteiger charge is -2.28. The summed E-state index contributed by atoms with van der Waals surface area (Å²) in [5.74, 6) is 0.369. The summed E-state index contributed by atoms with van der Waals surface area (Å²) in [5.41, 5.74) is 2.43. The number of amides is 1. The first-order valence-electron chi connectivity index (χ1n) is 7.75. The van der Waals surface area contributed by atoms with Gasteiger partial charge in [-0.05, 0) is 44.5 Å². The number of rotatable bonds is 4. The average molecular weight is 285 g/mol. The van der Waals surface area contributed by atoms with E-state index in [1.54, 1.807) is 0 Å². The molecule has 2 heterocycles. The zero-order valence-electron chi connectivity index (χ0n) is 12.6. The van der Waals surface area contributed by atoms with Crippen LogP contribution in [0.15, 0.2) is 30.5 Å². The second-order valence-electron chi connectivity index (χ2n) is 6.00. The van der Waals surface area contributed by atoms with Crippen molar-refractivity contribution in [3.63, 3.8) is 0 Å². The fourth-order valence-corrected chi connectivity index (χ4v) is 3.18. The van der Waals surface area contributed by atoms with Crippen molar-refractivity contribution in [3.8, 4) is 0 Å². The molecule has 1 aliphatic rings. The first-order chi connectivity index (χ1) is 10.2. The van der Waals surface area contributed by atoms with Gasteiger partial charge in [0.2, 0.25) is 5.91 Å².